The number of hydroxylamine groups is 6. The van der Waals surface area contributed by atoms with Crippen molar-refractivity contribution in [3.8, 4) is 0 Å². The Balaban J connectivity index is 0. The Bertz CT molecular complexity index is 626. The second kappa shape index (κ2) is 26.9. The largest absolute Gasteiger partial charge is 0.377 e. The molecule has 0 aliphatic heterocycles. The summed E-state index contributed by atoms with van der Waals surface area (Å²) in [6, 6.07) is 0. The van der Waals surface area contributed by atoms with E-state index in [9.17, 15) is 35.4 Å². The molecule has 40 heavy (non-hydrogen) atoms. The zero-order valence-corrected chi connectivity index (χ0v) is 25.0. The van der Waals surface area contributed by atoms with Crippen LogP contribution in [0.1, 0.15) is 90.4 Å². The number of nitrogens with one attached hydrogen (secondary N) is 2. The zero-order valence-electron chi connectivity index (χ0n) is 23.9. The summed E-state index contributed by atoms with van der Waals surface area (Å²) in [5, 5.41) is 66.2. The molecular weight excluding hydrogens is 568 g/mol. The molecule has 3 atom stereocenters. The molecular formula is C25H54FeN6O8. The molecule has 0 heterocycles. The van der Waals surface area contributed by atoms with Gasteiger partial charge in [-0.2, -0.15) is 15.2 Å². The maximum absolute atomic E-state index is 11.9. The van der Waals surface area contributed by atoms with Crippen LogP contribution < -0.4 is 16.4 Å². The van der Waals surface area contributed by atoms with Gasteiger partial charge in [-0.25, -0.2) is 0 Å². The van der Waals surface area contributed by atoms with Crippen molar-refractivity contribution in [1.82, 2.24) is 25.8 Å². The molecule has 0 bridgehead atoms. The van der Waals surface area contributed by atoms with Crippen LogP contribution in [0.4, 0.5) is 0 Å². The minimum absolute atomic E-state index is 0. The van der Waals surface area contributed by atoms with Crippen LogP contribution in [-0.4, -0.2) is 116 Å². The first-order valence-corrected chi connectivity index (χ1v) is 14.2. The quantitative estimate of drug-likeness (QED) is 0.0276. The molecule has 3 unspecified atom stereocenters. The van der Waals surface area contributed by atoms with Gasteiger partial charge < -0.3 is 47.3 Å². The first-order valence-electron chi connectivity index (χ1n) is 14.2. The maximum Gasteiger partial charge on any atom is 0.220 e. The smallest absolute Gasteiger partial charge is 0.220 e. The zero-order chi connectivity index (χ0) is 29.5. The molecule has 240 valence electrons. The van der Waals surface area contributed by atoms with E-state index < -0.39 is 18.7 Å². The second-order valence-electron chi connectivity index (χ2n) is 9.83. The van der Waals surface area contributed by atoms with Crippen LogP contribution in [-0.2, 0) is 26.7 Å². The fourth-order valence-electron chi connectivity index (χ4n) is 3.68. The van der Waals surface area contributed by atoms with Gasteiger partial charge in [0, 0.05) is 62.6 Å². The number of aliphatic hydroxyl groups is 3. The molecule has 2 amide bonds. The Kier molecular flexibility index (Phi) is 27.7. The Morgan fingerprint density at radius 1 is 0.650 bits per heavy atom. The number of unbranched alkanes of at least 4 members (excludes halogenated alkanes) is 6. The van der Waals surface area contributed by atoms with Gasteiger partial charge in [0.1, 0.15) is 18.7 Å². The number of amides is 2. The van der Waals surface area contributed by atoms with Crippen molar-refractivity contribution < 1.29 is 57.6 Å². The van der Waals surface area contributed by atoms with Gasteiger partial charge in [-0.3, -0.25) is 9.59 Å². The fourth-order valence-corrected chi connectivity index (χ4v) is 3.68. The second-order valence-corrected chi connectivity index (χ2v) is 9.83. The van der Waals surface area contributed by atoms with Gasteiger partial charge >= 0.3 is 0 Å². The van der Waals surface area contributed by atoms with E-state index in [0.717, 1.165) is 40.9 Å². The molecule has 0 radical (unpaired) electrons. The fraction of sp³-hybridized carbons (Fsp3) is 0.920. The molecule has 14 nitrogen and oxygen atoms in total. The van der Waals surface area contributed by atoms with E-state index in [1.165, 1.54) is 6.92 Å². The summed E-state index contributed by atoms with van der Waals surface area (Å²) in [7, 11) is 0. The topological polar surface area (TPSA) is 215 Å². The van der Waals surface area contributed by atoms with Crippen molar-refractivity contribution in [2.75, 3.05) is 39.3 Å². The third-order valence-corrected chi connectivity index (χ3v) is 6.24. The van der Waals surface area contributed by atoms with E-state index in [2.05, 4.69) is 10.6 Å². The SMILES string of the molecule is CC(O)N(O)CCCCCNC(=O)CCC(O)N(O)CCCCCNC(=O)CCC(O)N(O)CCCCCN.[Fe]. The van der Waals surface area contributed by atoms with Crippen molar-refractivity contribution in [1.29, 1.82) is 0 Å². The van der Waals surface area contributed by atoms with Gasteiger partial charge in [-0.05, 0) is 64.8 Å². The van der Waals surface area contributed by atoms with Gasteiger partial charge in [0.2, 0.25) is 11.8 Å². The first kappa shape index (κ1) is 41.2. The molecule has 0 aromatic carbocycles. The summed E-state index contributed by atoms with van der Waals surface area (Å²) in [5.74, 6) is -0.427. The average molecular weight is 623 g/mol. The molecule has 0 aliphatic carbocycles. The molecule has 0 saturated heterocycles. The van der Waals surface area contributed by atoms with Crippen LogP contribution in [0.15, 0.2) is 0 Å². The third-order valence-electron chi connectivity index (χ3n) is 6.24. The van der Waals surface area contributed by atoms with Crippen LogP contribution in [0.2, 0.25) is 0 Å². The molecule has 0 spiro atoms. The minimum atomic E-state index is -1.15. The number of hydrogen-bond donors (Lipinski definition) is 9. The predicted molar refractivity (Wildman–Crippen MR) is 144 cm³/mol. The van der Waals surface area contributed by atoms with E-state index in [1.54, 1.807) is 0 Å². The summed E-state index contributed by atoms with van der Waals surface area (Å²) in [6.45, 7) is 3.90. The summed E-state index contributed by atoms with van der Waals surface area (Å²) in [6.07, 6.45) is 3.89. The summed E-state index contributed by atoms with van der Waals surface area (Å²) in [4.78, 5) is 23.8. The summed E-state index contributed by atoms with van der Waals surface area (Å²) < 4.78 is 0. The van der Waals surface area contributed by atoms with Crippen LogP contribution in [0, 0.1) is 0 Å². The van der Waals surface area contributed by atoms with E-state index in [4.69, 9.17) is 10.8 Å². The summed E-state index contributed by atoms with van der Waals surface area (Å²) >= 11 is 0. The van der Waals surface area contributed by atoms with Crippen molar-refractivity contribution in [3.63, 3.8) is 0 Å². The van der Waals surface area contributed by atoms with E-state index in [-0.39, 0.29) is 61.1 Å². The van der Waals surface area contributed by atoms with Crippen molar-refractivity contribution in [2.45, 2.75) is 109 Å². The van der Waals surface area contributed by atoms with Gasteiger partial charge in [0.05, 0.1) is 0 Å². The van der Waals surface area contributed by atoms with E-state index in [0.29, 0.717) is 64.8 Å². The number of aliphatic hydroxyl groups excluding tert-OH is 3. The molecule has 0 aromatic heterocycles. The number of nitrogens with zero attached hydrogens (tertiary/aromatic N) is 3. The van der Waals surface area contributed by atoms with Gasteiger partial charge in [0.25, 0.3) is 0 Å². The number of hydrogen-bond acceptors (Lipinski definition) is 12. The number of nitrogens with two attached hydrogens (primary N) is 1. The van der Waals surface area contributed by atoms with Crippen LogP contribution in [0.3, 0.4) is 0 Å². The monoisotopic (exact) mass is 622 g/mol. The van der Waals surface area contributed by atoms with Crippen LogP contribution >= 0.6 is 0 Å². The van der Waals surface area contributed by atoms with Crippen molar-refractivity contribution in [2.24, 2.45) is 5.73 Å². The molecule has 0 saturated carbocycles. The molecule has 0 aliphatic rings. The average Bonchev–Trinajstić information content (AvgIpc) is 2.91. The Labute approximate surface area is 249 Å². The van der Waals surface area contributed by atoms with E-state index >= 15 is 0 Å². The predicted octanol–water partition coefficient (Wildman–Crippen LogP) is 0.295. The Hall–Kier alpha value is -0.941. The summed E-state index contributed by atoms with van der Waals surface area (Å²) in [5.41, 5.74) is 5.42. The molecule has 0 fully saturated rings. The number of carbonyl (C=O) groups excluding carboxylic acids is 2. The number of carbonyl (C=O) groups is 2. The van der Waals surface area contributed by atoms with Gasteiger partial charge in [0.15, 0.2) is 0 Å². The van der Waals surface area contributed by atoms with Gasteiger partial charge in [-0.1, -0.05) is 19.3 Å². The first-order chi connectivity index (χ1) is 18.6. The normalized spacial score (nSPS) is 13.8. The van der Waals surface area contributed by atoms with Crippen molar-refractivity contribution in [3.05, 3.63) is 0 Å². The standard InChI is InChI=1S/C25H54N6O8.Fe/c1-21(32)29(37)18-9-3-6-16-27-22(33)12-14-25(36)31(39)20-10-4-7-17-28-23(34)11-13-24(35)30(38)19-8-2-5-15-26;/h21,24-25,32,35-39H,2-20,26H2,1H3,(H,27,33)(H,28,34);. The molecule has 0 aromatic rings. The van der Waals surface area contributed by atoms with Crippen molar-refractivity contribution >= 4 is 11.8 Å². The maximum atomic E-state index is 11.9. The Morgan fingerprint density at radius 3 is 1.40 bits per heavy atom. The van der Waals surface area contributed by atoms with Gasteiger partial charge in [-0.15, -0.1) is 0 Å². The molecule has 10 N–H and O–H groups in total. The third kappa shape index (κ3) is 23.7. The van der Waals surface area contributed by atoms with Crippen LogP contribution in [0.25, 0.3) is 0 Å². The van der Waals surface area contributed by atoms with E-state index in [1.807, 2.05) is 0 Å². The Morgan fingerprint density at radius 2 is 1.02 bits per heavy atom. The molecule has 0 rings (SSSR count). The minimum Gasteiger partial charge on any atom is -0.377 e. The molecule has 15 heteroatoms. The van der Waals surface area contributed by atoms with Crippen LogP contribution in [0.5, 0.6) is 0 Å². The number of rotatable bonds is 26.